The molecule has 1 fully saturated rings. The number of Topliss-reactive ketones (excluding diaryl/α,β-unsaturated/α-hetero) is 2. The summed E-state index contributed by atoms with van der Waals surface area (Å²) in [6.45, 7) is 3.58. The molecule has 0 bridgehead atoms. The number of pyridine rings is 1. The van der Waals surface area contributed by atoms with Crippen LogP contribution in [0, 0.1) is 0 Å². The van der Waals surface area contributed by atoms with E-state index in [2.05, 4.69) is 34.1 Å². The molecule has 1 aromatic carbocycles. The summed E-state index contributed by atoms with van der Waals surface area (Å²) in [6.07, 6.45) is 4.81. The van der Waals surface area contributed by atoms with Crippen LogP contribution >= 0.6 is 11.6 Å². The number of anilines is 1. The summed E-state index contributed by atoms with van der Waals surface area (Å²) in [5, 5.41) is 0.585. The first-order valence-electron chi connectivity index (χ1n) is 10.1. The van der Waals surface area contributed by atoms with Crippen LogP contribution in [0.25, 0.3) is 5.65 Å². The van der Waals surface area contributed by atoms with Crippen LogP contribution in [0.5, 0.6) is 0 Å². The van der Waals surface area contributed by atoms with Gasteiger partial charge in [0, 0.05) is 44.2 Å². The SMILES string of the molecule is CCc1nc2ccc(Cl)cn2c1C(=O)CCc1ccc(N2CCC(=O)CC2)cc1. The molecule has 2 aromatic heterocycles. The molecule has 0 N–H and O–H groups in total. The molecular formula is C23H24ClN3O2. The fraction of sp³-hybridized carbons (Fsp3) is 0.348. The Bertz CT molecular complexity index is 1050. The molecule has 29 heavy (non-hydrogen) atoms. The molecule has 0 atom stereocenters. The Morgan fingerprint density at radius 3 is 2.52 bits per heavy atom. The van der Waals surface area contributed by atoms with Crippen LogP contribution in [0.15, 0.2) is 42.6 Å². The second-order valence-electron chi connectivity index (χ2n) is 7.45. The van der Waals surface area contributed by atoms with Crippen molar-refractivity contribution in [2.75, 3.05) is 18.0 Å². The van der Waals surface area contributed by atoms with Crippen LogP contribution in [0.3, 0.4) is 0 Å². The number of rotatable bonds is 6. The first-order valence-corrected chi connectivity index (χ1v) is 10.5. The maximum absolute atomic E-state index is 13.0. The van der Waals surface area contributed by atoms with Gasteiger partial charge in [-0.2, -0.15) is 0 Å². The highest BCUT2D eigenvalue weighted by atomic mass is 35.5. The number of benzene rings is 1. The van der Waals surface area contributed by atoms with Crippen LogP contribution in [-0.4, -0.2) is 34.0 Å². The lowest BCUT2D eigenvalue weighted by Gasteiger charge is -2.28. The normalized spacial score (nSPS) is 14.6. The van der Waals surface area contributed by atoms with E-state index in [4.69, 9.17) is 11.6 Å². The van der Waals surface area contributed by atoms with E-state index >= 15 is 0 Å². The lowest BCUT2D eigenvalue weighted by molar-refractivity contribution is -0.119. The molecule has 5 nitrogen and oxygen atoms in total. The minimum atomic E-state index is 0.0789. The molecule has 0 saturated carbocycles. The second-order valence-corrected chi connectivity index (χ2v) is 7.89. The van der Waals surface area contributed by atoms with Gasteiger partial charge in [-0.25, -0.2) is 4.98 Å². The summed E-state index contributed by atoms with van der Waals surface area (Å²) in [4.78, 5) is 31.2. The fourth-order valence-corrected chi connectivity index (χ4v) is 4.03. The number of imidazole rings is 1. The minimum absolute atomic E-state index is 0.0789. The van der Waals surface area contributed by atoms with E-state index in [0.29, 0.717) is 48.6 Å². The zero-order valence-corrected chi connectivity index (χ0v) is 17.3. The van der Waals surface area contributed by atoms with E-state index in [-0.39, 0.29) is 5.78 Å². The van der Waals surface area contributed by atoms with Gasteiger partial charge in [0.1, 0.15) is 17.1 Å². The fourth-order valence-electron chi connectivity index (χ4n) is 3.87. The summed E-state index contributed by atoms with van der Waals surface area (Å²) < 4.78 is 1.81. The van der Waals surface area contributed by atoms with Gasteiger partial charge in [0.2, 0.25) is 0 Å². The van der Waals surface area contributed by atoms with E-state index in [1.807, 2.05) is 17.4 Å². The number of carbonyl (C=O) groups is 2. The van der Waals surface area contributed by atoms with Crippen molar-refractivity contribution in [3.63, 3.8) is 0 Å². The number of aryl methyl sites for hydroxylation is 2. The van der Waals surface area contributed by atoms with Gasteiger partial charge in [-0.15, -0.1) is 0 Å². The van der Waals surface area contributed by atoms with Crippen molar-refractivity contribution < 1.29 is 9.59 Å². The summed E-state index contributed by atoms with van der Waals surface area (Å²) >= 11 is 6.13. The largest absolute Gasteiger partial charge is 0.371 e. The lowest BCUT2D eigenvalue weighted by atomic mass is 10.0. The minimum Gasteiger partial charge on any atom is -0.371 e. The van der Waals surface area contributed by atoms with Gasteiger partial charge in [-0.05, 0) is 42.7 Å². The predicted molar refractivity (Wildman–Crippen MR) is 115 cm³/mol. The van der Waals surface area contributed by atoms with E-state index in [1.165, 1.54) is 0 Å². The molecule has 0 radical (unpaired) electrons. The monoisotopic (exact) mass is 409 g/mol. The average molecular weight is 410 g/mol. The quantitative estimate of drug-likeness (QED) is 0.561. The summed E-state index contributed by atoms with van der Waals surface area (Å²) in [5.41, 5.74) is 4.46. The molecule has 1 saturated heterocycles. The Kier molecular flexibility index (Phi) is 5.67. The highest BCUT2D eigenvalue weighted by Gasteiger charge is 2.19. The Balaban J connectivity index is 1.45. The molecular weight excluding hydrogens is 386 g/mol. The molecule has 3 aromatic rings. The molecule has 0 spiro atoms. The maximum Gasteiger partial charge on any atom is 0.181 e. The number of fused-ring (bicyclic) bond motifs is 1. The molecule has 150 valence electrons. The van der Waals surface area contributed by atoms with Crippen molar-refractivity contribution in [2.45, 2.75) is 39.0 Å². The van der Waals surface area contributed by atoms with Crippen molar-refractivity contribution in [3.8, 4) is 0 Å². The van der Waals surface area contributed by atoms with Crippen LogP contribution < -0.4 is 4.90 Å². The number of piperidine rings is 1. The first kappa shape index (κ1) is 19.6. The molecule has 0 unspecified atom stereocenters. The first-order chi connectivity index (χ1) is 14.0. The van der Waals surface area contributed by atoms with E-state index in [9.17, 15) is 9.59 Å². The van der Waals surface area contributed by atoms with Crippen molar-refractivity contribution in [2.24, 2.45) is 0 Å². The van der Waals surface area contributed by atoms with Crippen LogP contribution in [0.4, 0.5) is 5.69 Å². The van der Waals surface area contributed by atoms with Crippen molar-refractivity contribution in [3.05, 3.63) is 64.6 Å². The zero-order valence-electron chi connectivity index (χ0n) is 16.5. The van der Waals surface area contributed by atoms with Crippen LogP contribution in [-0.2, 0) is 17.6 Å². The molecule has 0 amide bonds. The number of nitrogens with zero attached hydrogens (tertiary/aromatic N) is 3. The molecule has 1 aliphatic rings. The zero-order chi connectivity index (χ0) is 20.4. The van der Waals surface area contributed by atoms with E-state index in [0.717, 1.165) is 35.7 Å². The molecule has 3 heterocycles. The van der Waals surface area contributed by atoms with Gasteiger partial charge < -0.3 is 4.90 Å². The molecule has 0 aliphatic carbocycles. The highest BCUT2D eigenvalue weighted by Crippen LogP contribution is 2.22. The number of halogens is 1. The Morgan fingerprint density at radius 2 is 1.83 bits per heavy atom. The van der Waals surface area contributed by atoms with Gasteiger partial charge in [0.05, 0.1) is 10.7 Å². The van der Waals surface area contributed by atoms with Gasteiger partial charge in [-0.3, -0.25) is 14.0 Å². The summed E-state index contributed by atoms with van der Waals surface area (Å²) in [5.74, 6) is 0.423. The third-order valence-electron chi connectivity index (χ3n) is 5.52. The topological polar surface area (TPSA) is 54.7 Å². The standard InChI is InChI=1S/C23H24ClN3O2/c1-2-20-23(27-15-17(24)6-10-22(27)25-20)21(29)9-5-16-3-7-18(8-4-16)26-13-11-19(28)12-14-26/h3-4,6-8,10,15H,2,5,9,11-14H2,1H3. The number of hydrogen-bond donors (Lipinski definition) is 0. The third kappa shape index (κ3) is 4.20. The van der Waals surface area contributed by atoms with Crippen molar-refractivity contribution in [1.29, 1.82) is 0 Å². The Hall–Kier alpha value is -2.66. The lowest BCUT2D eigenvalue weighted by Crippen LogP contribution is -2.33. The third-order valence-corrected chi connectivity index (χ3v) is 5.74. The second kappa shape index (κ2) is 8.37. The number of aromatic nitrogens is 2. The highest BCUT2D eigenvalue weighted by molar-refractivity contribution is 6.30. The van der Waals surface area contributed by atoms with E-state index in [1.54, 1.807) is 12.3 Å². The average Bonchev–Trinajstić information content (AvgIpc) is 3.11. The smallest absolute Gasteiger partial charge is 0.181 e. The molecule has 4 rings (SSSR count). The molecule has 1 aliphatic heterocycles. The van der Waals surface area contributed by atoms with Gasteiger partial charge in [-0.1, -0.05) is 30.7 Å². The number of hydrogen-bond acceptors (Lipinski definition) is 4. The van der Waals surface area contributed by atoms with E-state index < -0.39 is 0 Å². The predicted octanol–water partition coefficient (Wildman–Crippen LogP) is 4.53. The Morgan fingerprint density at radius 1 is 1.10 bits per heavy atom. The van der Waals surface area contributed by atoms with Crippen LogP contribution in [0.1, 0.15) is 47.9 Å². The number of ketones is 2. The molecule has 6 heteroatoms. The van der Waals surface area contributed by atoms with Gasteiger partial charge in [0.15, 0.2) is 5.78 Å². The summed E-state index contributed by atoms with van der Waals surface area (Å²) in [6, 6.07) is 11.9. The Labute approximate surface area is 175 Å². The van der Waals surface area contributed by atoms with Crippen LogP contribution in [0.2, 0.25) is 5.02 Å². The van der Waals surface area contributed by atoms with Gasteiger partial charge in [0.25, 0.3) is 0 Å². The summed E-state index contributed by atoms with van der Waals surface area (Å²) in [7, 11) is 0. The van der Waals surface area contributed by atoms with Gasteiger partial charge >= 0.3 is 0 Å². The van der Waals surface area contributed by atoms with Crippen molar-refractivity contribution >= 4 is 34.5 Å². The van der Waals surface area contributed by atoms with Crippen molar-refractivity contribution in [1.82, 2.24) is 9.38 Å². The number of carbonyl (C=O) groups excluding carboxylic acids is 2. The maximum atomic E-state index is 13.0.